The molecule has 0 aromatic heterocycles. The van der Waals surface area contributed by atoms with E-state index in [0.29, 0.717) is 0 Å². The number of nitrogens with zero attached hydrogens (tertiary/aromatic N) is 14. The molecule has 0 aromatic carbocycles. The second kappa shape index (κ2) is 12.9. The Morgan fingerprint density at radius 2 is 0.812 bits per heavy atom. The summed E-state index contributed by atoms with van der Waals surface area (Å²) in [7, 11) is 0. The minimum absolute atomic E-state index is 0.826. The topological polar surface area (TPSA) is 173 Å². The van der Waals surface area contributed by atoms with Crippen LogP contribution in [0.2, 0.25) is 0 Å². The molecule has 0 bridgehead atoms. The SMILES string of the molecule is F/N=N/N=N/N=N/N=N/N=N/N=N/N=[N]/[Sn]. The average Bonchev–Trinajstić information content (AvgIpc) is 2.31. The number of hydrogen-bond donors (Lipinski definition) is 0. The van der Waals surface area contributed by atoms with Gasteiger partial charge in [0.05, 0.1) is 0 Å². The Kier molecular flexibility index (Phi) is 11.3. The molecule has 0 fully saturated rings. The molecule has 16 heavy (non-hydrogen) atoms. The summed E-state index contributed by atoms with van der Waals surface area (Å²) in [5.74, 6) is 0. The van der Waals surface area contributed by atoms with E-state index in [2.05, 4.69) is 66.0 Å². The van der Waals surface area contributed by atoms with Gasteiger partial charge in [0.2, 0.25) is 0 Å². The van der Waals surface area contributed by atoms with E-state index in [1.807, 2.05) is 0 Å². The fourth-order valence-corrected chi connectivity index (χ4v) is 0.328. The molecule has 16 heteroatoms. The molecule has 0 heterocycles. The van der Waals surface area contributed by atoms with Crippen molar-refractivity contribution < 1.29 is 4.48 Å². The molecule has 0 saturated carbocycles. The molecular formula is FN14Sn. The van der Waals surface area contributed by atoms with E-state index in [9.17, 15) is 4.48 Å². The first kappa shape index (κ1) is 13.9. The zero-order valence-corrected chi connectivity index (χ0v) is 9.99. The van der Waals surface area contributed by atoms with Gasteiger partial charge in [-0.05, 0) is 0 Å². The van der Waals surface area contributed by atoms with Crippen LogP contribution >= 0.6 is 0 Å². The van der Waals surface area contributed by atoms with Gasteiger partial charge in [-0.2, -0.15) is 0 Å². The Morgan fingerprint density at radius 1 is 0.500 bits per heavy atom. The van der Waals surface area contributed by atoms with Crippen LogP contribution in [0.25, 0.3) is 0 Å². The molecule has 0 saturated heterocycles. The molecule has 14 nitrogen and oxygen atoms in total. The molecule has 0 amide bonds. The van der Waals surface area contributed by atoms with E-state index in [0.717, 1.165) is 22.8 Å². The summed E-state index contributed by atoms with van der Waals surface area (Å²) in [5, 5.41) is 36.6. The van der Waals surface area contributed by atoms with Crippen LogP contribution in [-0.2, 0) is 0 Å². The van der Waals surface area contributed by atoms with Crippen LogP contribution in [0.15, 0.2) is 71.4 Å². The van der Waals surface area contributed by atoms with Gasteiger partial charge in [-0.25, -0.2) is 0 Å². The molecule has 0 aliphatic carbocycles. The number of hydrogen-bond acceptors (Lipinski definition) is 2. The maximum absolute atomic E-state index is 10.9. The predicted molar refractivity (Wildman–Crippen MR) is 40.9 cm³/mol. The minimum atomic E-state index is 0.826. The zero-order chi connectivity index (χ0) is 11.9. The summed E-state index contributed by atoms with van der Waals surface area (Å²) < 4.78 is 14.2. The normalized spacial score (nSPS) is 14.4. The Labute approximate surface area is 99.0 Å². The van der Waals surface area contributed by atoms with Crippen molar-refractivity contribution in [2.24, 2.45) is 71.4 Å². The van der Waals surface area contributed by atoms with Crippen LogP contribution in [0.4, 0.5) is 4.48 Å². The molecule has 0 N–H and O–H groups in total. The fourth-order valence-electron chi connectivity index (χ4n) is 0.214. The first-order valence-corrected chi connectivity index (χ1v) is 4.27. The van der Waals surface area contributed by atoms with Crippen molar-refractivity contribution in [1.29, 1.82) is 0 Å². The second-order valence-corrected chi connectivity index (χ2v) is 1.82. The van der Waals surface area contributed by atoms with Gasteiger partial charge in [-0.15, -0.1) is 0 Å². The van der Waals surface area contributed by atoms with E-state index in [1.165, 1.54) is 0 Å². The Hall–Kier alpha value is -2.07. The van der Waals surface area contributed by atoms with Crippen molar-refractivity contribution in [2.75, 3.05) is 0 Å². The fraction of sp³-hybridized carbons (Fsp3) is 0. The molecule has 0 atom stereocenters. The van der Waals surface area contributed by atoms with Crippen molar-refractivity contribution in [3.8, 4) is 0 Å². The van der Waals surface area contributed by atoms with Crippen LogP contribution in [0.5, 0.6) is 0 Å². The van der Waals surface area contributed by atoms with E-state index in [4.69, 9.17) is 0 Å². The third-order valence-corrected chi connectivity index (χ3v) is 0.774. The molecular weight excluding hydrogens is 334 g/mol. The molecule has 81 valence electrons. The average molecular weight is 334 g/mol. The third kappa shape index (κ3) is 11.9. The van der Waals surface area contributed by atoms with E-state index >= 15 is 0 Å². The second-order valence-electron chi connectivity index (χ2n) is 1.25. The molecule has 3 radical (unpaired) electrons. The maximum atomic E-state index is 10.9. The van der Waals surface area contributed by atoms with Gasteiger partial charge in [0.1, 0.15) is 0 Å². The van der Waals surface area contributed by atoms with Crippen LogP contribution in [0, 0.1) is 0 Å². The van der Waals surface area contributed by atoms with E-state index in [-0.39, 0.29) is 0 Å². The van der Waals surface area contributed by atoms with E-state index in [1.54, 1.807) is 5.34 Å². The van der Waals surface area contributed by atoms with Crippen molar-refractivity contribution in [1.82, 2.24) is 0 Å². The zero-order valence-electron chi connectivity index (χ0n) is 7.14. The van der Waals surface area contributed by atoms with Crippen LogP contribution in [-0.4, -0.2) is 22.8 Å². The predicted octanol–water partition coefficient (Wildman–Crippen LogP) is 2.61. The Balaban J connectivity index is 3.76. The van der Waals surface area contributed by atoms with Gasteiger partial charge in [0.15, 0.2) is 0 Å². The van der Waals surface area contributed by atoms with Crippen LogP contribution < -0.4 is 0 Å². The number of halogens is 1. The van der Waals surface area contributed by atoms with Gasteiger partial charge in [-0.1, -0.05) is 4.48 Å². The molecule has 0 aliphatic heterocycles. The van der Waals surface area contributed by atoms with Gasteiger partial charge in [-0.3, -0.25) is 0 Å². The number of rotatable bonds is 6. The molecule has 0 aromatic rings. The van der Waals surface area contributed by atoms with E-state index < -0.39 is 0 Å². The first-order valence-electron chi connectivity index (χ1n) is 2.99. The van der Waals surface area contributed by atoms with Crippen molar-refractivity contribution >= 4 is 22.8 Å². The van der Waals surface area contributed by atoms with Gasteiger partial charge >= 0.3 is 83.6 Å². The third-order valence-electron chi connectivity index (χ3n) is 0.519. The van der Waals surface area contributed by atoms with Crippen LogP contribution in [0.3, 0.4) is 0 Å². The molecule has 0 aliphatic rings. The summed E-state index contributed by atoms with van der Waals surface area (Å²) in [6.45, 7) is 0. The van der Waals surface area contributed by atoms with Crippen LogP contribution in [0.1, 0.15) is 0 Å². The summed E-state index contributed by atoms with van der Waals surface area (Å²) in [6, 6.07) is 0. The monoisotopic (exact) mass is 335 g/mol. The summed E-state index contributed by atoms with van der Waals surface area (Å²) in [4.78, 5) is 0. The molecule has 0 spiro atoms. The van der Waals surface area contributed by atoms with Gasteiger partial charge in [0.25, 0.3) is 0 Å². The van der Waals surface area contributed by atoms with Gasteiger partial charge < -0.3 is 0 Å². The quantitative estimate of drug-likeness (QED) is 0.395. The first-order chi connectivity index (χ1) is 7.91. The molecule has 0 rings (SSSR count). The summed E-state index contributed by atoms with van der Waals surface area (Å²) >= 11 is 0.826. The van der Waals surface area contributed by atoms with Crippen molar-refractivity contribution in [3.05, 3.63) is 0 Å². The Morgan fingerprint density at radius 3 is 1.12 bits per heavy atom. The molecule has 0 unspecified atom stereocenters. The van der Waals surface area contributed by atoms with Crippen molar-refractivity contribution in [2.45, 2.75) is 0 Å². The summed E-state index contributed by atoms with van der Waals surface area (Å²) in [6.07, 6.45) is 0. The standard InChI is InChI=1S/FN14.Sn/c1-3-5-7-9-11-13-15-14-12-10-8-6-4-2;/q-1;+1/b5-3+,8-6+,9-7+,12-10+,13-11+,15-14+;. The Bertz CT molecular complexity index is 308. The summed E-state index contributed by atoms with van der Waals surface area (Å²) in [5.41, 5.74) is 0. The van der Waals surface area contributed by atoms with Crippen molar-refractivity contribution in [3.63, 3.8) is 0 Å². The van der Waals surface area contributed by atoms with Gasteiger partial charge in [0, 0.05) is 10.6 Å².